The van der Waals surface area contributed by atoms with E-state index in [2.05, 4.69) is 15.9 Å². The molecule has 4 nitrogen and oxygen atoms in total. The van der Waals surface area contributed by atoms with E-state index in [4.69, 9.17) is 23.8 Å². The van der Waals surface area contributed by atoms with Crippen LogP contribution in [0.5, 0.6) is 0 Å². The topological polar surface area (TPSA) is 40.6 Å². The number of nitrogens with zero attached hydrogens (tertiary/aromatic N) is 2. The molecule has 0 aliphatic carbocycles. The Kier molecular flexibility index (Phi) is 6.14. The molecule has 1 saturated heterocycles. The second-order valence-corrected chi connectivity index (χ2v) is 10.6. The first kappa shape index (κ1) is 22.3. The summed E-state index contributed by atoms with van der Waals surface area (Å²) in [5, 5.41) is 0.569. The molecule has 0 N–H and O–H groups in total. The molecule has 3 aromatic carbocycles. The van der Waals surface area contributed by atoms with Crippen LogP contribution in [-0.2, 0) is 22.7 Å². The van der Waals surface area contributed by atoms with Crippen molar-refractivity contribution in [2.24, 2.45) is 0 Å². The fourth-order valence-corrected chi connectivity index (χ4v) is 5.81. The number of anilines is 1. The van der Waals surface area contributed by atoms with Gasteiger partial charge < -0.3 is 4.90 Å². The van der Waals surface area contributed by atoms with Gasteiger partial charge in [-0.1, -0.05) is 100 Å². The Balaban J connectivity index is 1.55. The highest BCUT2D eigenvalue weighted by Gasteiger charge is 2.42. The number of amides is 2. The van der Waals surface area contributed by atoms with Crippen LogP contribution in [0.25, 0.3) is 5.57 Å². The van der Waals surface area contributed by atoms with Gasteiger partial charge in [-0.2, -0.15) is 0 Å². The Morgan fingerprint density at radius 1 is 0.879 bits per heavy atom. The second kappa shape index (κ2) is 9.06. The minimum atomic E-state index is -0.277. The van der Waals surface area contributed by atoms with Gasteiger partial charge in [-0.15, -0.1) is 0 Å². The molecule has 2 amide bonds. The molecule has 0 bridgehead atoms. The first-order chi connectivity index (χ1) is 15.9. The average Bonchev–Trinajstić information content (AvgIpc) is 3.23. The molecule has 0 atom stereocenters. The van der Waals surface area contributed by atoms with Crippen molar-refractivity contribution in [2.45, 2.75) is 13.1 Å². The predicted octanol–water partition coefficient (Wildman–Crippen LogP) is 6.42. The fraction of sp³-hybridized carbons (Fsp3) is 0.0800. The molecule has 0 spiro atoms. The molecular weight excluding hydrogens is 540 g/mol. The third kappa shape index (κ3) is 4.15. The zero-order valence-electron chi connectivity index (χ0n) is 17.1. The second-order valence-electron chi connectivity index (χ2n) is 7.59. The lowest BCUT2D eigenvalue weighted by molar-refractivity contribution is -0.122. The summed E-state index contributed by atoms with van der Waals surface area (Å²) in [6.07, 6.45) is 0. The predicted molar refractivity (Wildman–Crippen MR) is 141 cm³/mol. The van der Waals surface area contributed by atoms with E-state index in [1.807, 2.05) is 66.7 Å². The fourth-order valence-electron chi connectivity index (χ4n) is 3.93. The van der Waals surface area contributed by atoms with Crippen LogP contribution >= 0.6 is 51.5 Å². The number of hydrogen-bond acceptors (Lipinski definition) is 4. The number of thiocarbonyl (C=S) groups is 1. The lowest BCUT2D eigenvalue weighted by Crippen LogP contribution is -2.29. The molecule has 3 aromatic rings. The monoisotopic (exact) mass is 554 g/mol. The van der Waals surface area contributed by atoms with Crippen LogP contribution in [0.3, 0.4) is 0 Å². The molecule has 5 rings (SSSR count). The summed E-state index contributed by atoms with van der Waals surface area (Å²) >= 11 is 16.5. The third-order valence-corrected chi connectivity index (χ3v) is 7.83. The van der Waals surface area contributed by atoms with Gasteiger partial charge in [0.2, 0.25) is 0 Å². The highest BCUT2D eigenvalue weighted by atomic mass is 79.9. The van der Waals surface area contributed by atoms with Gasteiger partial charge in [0.25, 0.3) is 11.8 Å². The number of hydrogen-bond donors (Lipinski definition) is 0. The van der Waals surface area contributed by atoms with Crippen molar-refractivity contribution in [3.8, 4) is 0 Å². The van der Waals surface area contributed by atoms with Gasteiger partial charge >= 0.3 is 0 Å². The average molecular weight is 556 g/mol. The van der Waals surface area contributed by atoms with E-state index >= 15 is 0 Å². The number of carbonyl (C=O) groups excluding carboxylic acids is 2. The Morgan fingerprint density at radius 3 is 2.36 bits per heavy atom. The van der Waals surface area contributed by atoms with Gasteiger partial charge in [0.15, 0.2) is 0 Å². The third-order valence-electron chi connectivity index (χ3n) is 5.52. The van der Waals surface area contributed by atoms with Crippen LogP contribution in [-0.4, -0.2) is 21.0 Å². The van der Waals surface area contributed by atoms with Crippen LogP contribution in [0, 0.1) is 0 Å². The molecule has 0 unspecified atom stereocenters. The van der Waals surface area contributed by atoms with Gasteiger partial charge in [0.05, 0.1) is 29.3 Å². The number of benzene rings is 3. The molecular formula is C25H16BrClN2O2S2. The van der Waals surface area contributed by atoms with Crippen LogP contribution < -0.4 is 4.90 Å². The van der Waals surface area contributed by atoms with E-state index in [1.54, 1.807) is 11.0 Å². The minimum Gasteiger partial charge on any atom is -0.303 e. The Bertz CT molecular complexity index is 1340. The summed E-state index contributed by atoms with van der Waals surface area (Å²) in [7, 11) is 0. The maximum atomic E-state index is 13.6. The Labute approximate surface area is 214 Å². The zero-order chi connectivity index (χ0) is 23.1. The summed E-state index contributed by atoms with van der Waals surface area (Å²) in [5.74, 6) is -0.481. The van der Waals surface area contributed by atoms with Crippen LogP contribution in [0.2, 0.25) is 5.02 Å². The van der Waals surface area contributed by atoms with E-state index in [9.17, 15) is 9.59 Å². The molecule has 2 aliphatic heterocycles. The summed E-state index contributed by atoms with van der Waals surface area (Å²) < 4.78 is 1.24. The first-order valence-electron chi connectivity index (χ1n) is 10.1. The van der Waals surface area contributed by atoms with E-state index in [0.29, 0.717) is 26.4 Å². The lowest BCUT2D eigenvalue weighted by atomic mass is 10.1. The van der Waals surface area contributed by atoms with Crippen molar-refractivity contribution in [3.05, 3.63) is 104 Å². The zero-order valence-corrected chi connectivity index (χ0v) is 21.1. The maximum Gasteiger partial charge on any atom is 0.267 e. The molecule has 8 heteroatoms. The standard InChI is InChI=1S/C25H16BrClN2O2S2/c26-17-10-11-20-18(12-17)21(23(30)28(20)13-15-6-2-1-3-7-15)22-24(31)29(25(32)33-22)14-16-8-4-5-9-19(16)27/h1-12H,13-14H2. The summed E-state index contributed by atoms with van der Waals surface area (Å²) in [5.41, 5.74) is 3.70. The Morgan fingerprint density at radius 2 is 1.61 bits per heavy atom. The number of rotatable bonds is 4. The first-order valence-corrected chi connectivity index (χ1v) is 12.5. The molecule has 33 heavy (non-hydrogen) atoms. The van der Waals surface area contributed by atoms with Crippen molar-refractivity contribution < 1.29 is 9.59 Å². The van der Waals surface area contributed by atoms with Gasteiger partial charge in [-0.3, -0.25) is 14.5 Å². The van der Waals surface area contributed by atoms with Crippen LogP contribution in [0.1, 0.15) is 16.7 Å². The van der Waals surface area contributed by atoms with Gasteiger partial charge in [-0.25, -0.2) is 0 Å². The Hall–Kier alpha value is -2.45. The van der Waals surface area contributed by atoms with E-state index < -0.39 is 0 Å². The van der Waals surface area contributed by atoms with Crippen molar-refractivity contribution >= 4 is 78.9 Å². The molecule has 164 valence electrons. The maximum absolute atomic E-state index is 13.6. The normalized spacial score (nSPS) is 17.8. The smallest absolute Gasteiger partial charge is 0.267 e. The number of thioether (sulfide) groups is 1. The number of halogens is 2. The number of carbonyl (C=O) groups is 2. The molecule has 0 radical (unpaired) electrons. The highest BCUT2D eigenvalue weighted by molar-refractivity contribution is 9.10. The van der Waals surface area contributed by atoms with E-state index in [1.165, 1.54) is 16.7 Å². The molecule has 2 aliphatic rings. The summed E-state index contributed by atoms with van der Waals surface area (Å²) in [4.78, 5) is 30.7. The molecule has 2 heterocycles. The quantitative estimate of drug-likeness (QED) is 0.275. The molecule has 1 fully saturated rings. The van der Waals surface area contributed by atoms with Crippen LogP contribution in [0.4, 0.5) is 5.69 Å². The lowest BCUT2D eigenvalue weighted by Gasteiger charge is -2.17. The van der Waals surface area contributed by atoms with Crippen molar-refractivity contribution in [1.29, 1.82) is 0 Å². The van der Waals surface area contributed by atoms with E-state index in [0.717, 1.165) is 26.9 Å². The van der Waals surface area contributed by atoms with E-state index in [-0.39, 0.29) is 18.4 Å². The van der Waals surface area contributed by atoms with Gasteiger partial charge in [-0.05, 0) is 35.4 Å². The largest absolute Gasteiger partial charge is 0.303 e. The number of fused-ring (bicyclic) bond motifs is 1. The summed E-state index contributed by atoms with van der Waals surface area (Å²) in [6.45, 7) is 0.673. The van der Waals surface area contributed by atoms with Gasteiger partial charge in [0, 0.05) is 15.1 Å². The highest BCUT2D eigenvalue weighted by Crippen LogP contribution is 2.46. The van der Waals surface area contributed by atoms with Crippen molar-refractivity contribution in [1.82, 2.24) is 4.90 Å². The van der Waals surface area contributed by atoms with Crippen LogP contribution in [0.15, 0.2) is 82.2 Å². The SMILES string of the molecule is O=C1C(=C2C(=O)N(Cc3ccccc3)c3ccc(Br)cc32)SC(=S)N1Cc1ccccc1Cl. The van der Waals surface area contributed by atoms with Crippen molar-refractivity contribution in [3.63, 3.8) is 0 Å². The van der Waals surface area contributed by atoms with Gasteiger partial charge in [0.1, 0.15) is 4.32 Å². The minimum absolute atomic E-state index is 0.204. The molecule has 0 aromatic heterocycles. The van der Waals surface area contributed by atoms with Crippen molar-refractivity contribution in [2.75, 3.05) is 4.90 Å². The summed E-state index contributed by atoms with van der Waals surface area (Å²) in [6, 6.07) is 22.8. The molecule has 0 saturated carbocycles.